The van der Waals surface area contributed by atoms with Gasteiger partial charge in [-0.25, -0.2) is 0 Å². The minimum absolute atomic E-state index is 0.130. The fourth-order valence-electron chi connectivity index (χ4n) is 3.43. The van der Waals surface area contributed by atoms with Crippen LogP contribution < -0.4 is 0 Å². The molecule has 0 amide bonds. The molecule has 0 aromatic heterocycles. The Bertz CT molecular complexity index is 424. The molecule has 1 atom stereocenters. The van der Waals surface area contributed by atoms with Crippen LogP contribution in [0.1, 0.15) is 52.2 Å². The Morgan fingerprint density at radius 2 is 1.90 bits per heavy atom. The average Bonchev–Trinajstić information content (AvgIpc) is 2.37. The molecule has 1 N–H and O–H groups in total. The van der Waals surface area contributed by atoms with E-state index in [9.17, 15) is 5.11 Å². The van der Waals surface area contributed by atoms with E-state index in [2.05, 4.69) is 32.6 Å². The summed E-state index contributed by atoms with van der Waals surface area (Å²) in [7, 11) is 0. The zero-order valence-corrected chi connectivity index (χ0v) is 13.4. The molecule has 0 radical (unpaired) electrons. The number of piperidine rings is 1. The molecular formula is C18H29NO. The first kappa shape index (κ1) is 15.5. The van der Waals surface area contributed by atoms with Gasteiger partial charge in [-0.2, -0.15) is 0 Å². The Morgan fingerprint density at radius 3 is 2.50 bits per heavy atom. The molecule has 0 bridgehead atoms. The van der Waals surface area contributed by atoms with Gasteiger partial charge in [-0.3, -0.25) is 0 Å². The summed E-state index contributed by atoms with van der Waals surface area (Å²) in [6.07, 6.45) is 2.17. The maximum Gasteiger partial charge on any atom is 0.0853 e. The van der Waals surface area contributed by atoms with Crippen LogP contribution in [0.25, 0.3) is 0 Å². The van der Waals surface area contributed by atoms with Crippen LogP contribution in [0.4, 0.5) is 0 Å². The topological polar surface area (TPSA) is 23.5 Å². The van der Waals surface area contributed by atoms with E-state index >= 15 is 0 Å². The SMILES string of the molecule is CC1(C)CCCN(CC(C)(C)C(O)c2ccccc2)C1. The highest BCUT2D eigenvalue weighted by Gasteiger charge is 2.34. The quantitative estimate of drug-likeness (QED) is 0.901. The molecule has 0 spiro atoms. The monoisotopic (exact) mass is 275 g/mol. The fourth-order valence-corrected chi connectivity index (χ4v) is 3.43. The molecule has 0 aliphatic carbocycles. The zero-order valence-electron chi connectivity index (χ0n) is 13.4. The van der Waals surface area contributed by atoms with Gasteiger partial charge in [0.2, 0.25) is 0 Å². The third-order valence-corrected chi connectivity index (χ3v) is 4.47. The van der Waals surface area contributed by atoms with Gasteiger partial charge in [0.25, 0.3) is 0 Å². The lowest BCUT2D eigenvalue weighted by atomic mass is 9.79. The molecule has 2 nitrogen and oxygen atoms in total. The predicted molar refractivity (Wildman–Crippen MR) is 84.6 cm³/mol. The summed E-state index contributed by atoms with van der Waals surface area (Å²) in [6.45, 7) is 12.3. The summed E-state index contributed by atoms with van der Waals surface area (Å²) >= 11 is 0. The van der Waals surface area contributed by atoms with Crippen molar-refractivity contribution in [1.29, 1.82) is 0 Å². The molecule has 112 valence electrons. The van der Waals surface area contributed by atoms with Gasteiger partial charge < -0.3 is 10.0 Å². The second-order valence-corrected chi connectivity index (χ2v) is 7.78. The summed E-state index contributed by atoms with van der Waals surface area (Å²) in [5, 5.41) is 10.7. The van der Waals surface area contributed by atoms with E-state index in [4.69, 9.17) is 0 Å². The van der Waals surface area contributed by atoms with Crippen molar-refractivity contribution in [3.8, 4) is 0 Å². The number of hydrogen-bond acceptors (Lipinski definition) is 2. The van der Waals surface area contributed by atoms with Crippen molar-refractivity contribution < 1.29 is 5.11 Å². The first-order chi connectivity index (χ1) is 9.30. The van der Waals surface area contributed by atoms with Gasteiger partial charge in [-0.05, 0) is 30.4 Å². The first-order valence-corrected chi connectivity index (χ1v) is 7.76. The first-order valence-electron chi connectivity index (χ1n) is 7.76. The van der Waals surface area contributed by atoms with Crippen molar-refractivity contribution in [2.45, 2.75) is 46.6 Å². The van der Waals surface area contributed by atoms with Crippen molar-refractivity contribution in [2.75, 3.05) is 19.6 Å². The molecule has 0 saturated carbocycles. The molecule has 1 fully saturated rings. The van der Waals surface area contributed by atoms with Gasteiger partial charge in [0.1, 0.15) is 0 Å². The minimum Gasteiger partial charge on any atom is -0.388 e. The molecule has 1 aliphatic rings. The normalized spacial score (nSPS) is 21.6. The summed E-state index contributed by atoms with van der Waals surface area (Å²) in [6, 6.07) is 10.0. The molecular weight excluding hydrogens is 246 g/mol. The van der Waals surface area contributed by atoms with Crippen molar-refractivity contribution in [3.63, 3.8) is 0 Å². The van der Waals surface area contributed by atoms with E-state index in [-0.39, 0.29) is 5.41 Å². The van der Waals surface area contributed by atoms with E-state index in [1.165, 1.54) is 12.8 Å². The third kappa shape index (κ3) is 3.83. The lowest BCUT2D eigenvalue weighted by Gasteiger charge is -2.43. The predicted octanol–water partition coefficient (Wildman–Crippen LogP) is 3.87. The second-order valence-electron chi connectivity index (χ2n) is 7.78. The molecule has 20 heavy (non-hydrogen) atoms. The van der Waals surface area contributed by atoms with Crippen molar-refractivity contribution in [2.24, 2.45) is 10.8 Å². The number of likely N-dealkylation sites (tertiary alicyclic amines) is 1. The maximum absolute atomic E-state index is 10.7. The zero-order chi connectivity index (χ0) is 14.8. The van der Waals surface area contributed by atoms with Crippen LogP contribution in [0.3, 0.4) is 0 Å². The number of rotatable bonds is 4. The molecule has 1 aromatic carbocycles. The number of aliphatic hydroxyl groups excluding tert-OH is 1. The molecule has 1 aliphatic heterocycles. The van der Waals surface area contributed by atoms with Crippen LogP contribution in [0.15, 0.2) is 30.3 Å². The van der Waals surface area contributed by atoms with Crippen LogP contribution in [-0.2, 0) is 0 Å². The number of benzene rings is 1. The van der Waals surface area contributed by atoms with E-state index in [1.807, 2.05) is 30.3 Å². The molecule has 1 unspecified atom stereocenters. The molecule has 1 aromatic rings. The largest absolute Gasteiger partial charge is 0.388 e. The van der Waals surface area contributed by atoms with Gasteiger partial charge >= 0.3 is 0 Å². The Hall–Kier alpha value is -0.860. The highest BCUT2D eigenvalue weighted by molar-refractivity contribution is 5.19. The number of aliphatic hydroxyl groups is 1. The smallest absolute Gasteiger partial charge is 0.0853 e. The van der Waals surface area contributed by atoms with Gasteiger partial charge in [0, 0.05) is 18.5 Å². The fraction of sp³-hybridized carbons (Fsp3) is 0.667. The number of hydrogen-bond donors (Lipinski definition) is 1. The van der Waals surface area contributed by atoms with Gasteiger partial charge in [-0.1, -0.05) is 58.0 Å². The minimum atomic E-state index is -0.409. The van der Waals surface area contributed by atoms with Crippen LogP contribution in [0.2, 0.25) is 0 Å². The van der Waals surface area contributed by atoms with Crippen LogP contribution in [0.5, 0.6) is 0 Å². The van der Waals surface area contributed by atoms with Crippen LogP contribution in [0, 0.1) is 10.8 Å². The Morgan fingerprint density at radius 1 is 1.25 bits per heavy atom. The molecule has 2 rings (SSSR count). The van der Waals surface area contributed by atoms with E-state index in [1.54, 1.807) is 0 Å². The average molecular weight is 275 g/mol. The molecule has 1 heterocycles. The standard InChI is InChI=1S/C18H29NO/c1-17(2)11-8-12-19(13-17)14-18(3,4)16(20)15-9-6-5-7-10-15/h5-7,9-10,16,20H,8,11-14H2,1-4H3. The summed E-state index contributed by atoms with van der Waals surface area (Å²) in [5.41, 5.74) is 1.30. The van der Waals surface area contributed by atoms with Crippen molar-refractivity contribution >= 4 is 0 Å². The van der Waals surface area contributed by atoms with Gasteiger partial charge in [-0.15, -0.1) is 0 Å². The van der Waals surface area contributed by atoms with Crippen molar-refractivity contribution in [3.05, 3.63) is 35.9 Å². The lowest BCUT2D eigenvalue weighted by molar-refractivity contribution is 0.000500. The summed E-state index contributed by atoms with van der Waals surface area (Å²) < 4.78 is 0. The van der Waals surface area contributed by atoms with Crippen LogP contribution in [-0.4, -0.2) is 29.6 Å². The number of nitrogens with zero attached hydrogens (tertiary/aromatic N) is 1. The third-order valence-electron chi connectivity index (χ3n) is 4.47. The summed E-state index contributed by atoms with van der Waals surface area (Å²) in [4.78, 5) is 2.52. The highest BCUT2D eigenvalue weighted by atomic mass is 16.3. The van der Waals surface area contributed by atoms with Crippen molar-refractivity contribution in [1.82, 2.24) is 4.90 Å². The molecule has 2 heteroatoms. The highest BCUT2D eigenvalue weighted by Crippen LogP contribution is 2.36. The summed E-state index contributed by atoms with van der Waals surface area (Å²) in [5.74, 6) is 0. The van der Waals surface area contributed by atoms with E-state index in [0.717, 1.165) is 25.2 Å². The van der Waals surface area contributed by atoms with Gasteiger partial charge in [0.05, 0.1) is 6.10 Å². The Balaban J connectivity index is 2.03. The Labute approximate surface area is 123 Å². The second kappa shape index (κ2) is 5.87. The van der Waals surface area contributed by atoms with Crippen LogP contribution >= 0.6 is 0 Å². The van der Waals surface area contributed by atoms with E-state index in [0.29, 0.717) is 5.41 Å². The lowest BCUT2D eigenvalue weighted by Crippen LogP contribution is -2.45. The molecule has 1 saturated heterocycles. The Kier molecular flexibility index (Phi) is 4.55. The van der Waals surface area contributed by atoms with Gasteiger partial charge in [0.15, 0.2) is 0 Å². The van der Waals surface area contributed by atoms with E-state index < -0.39 is 6.10 Å². The maximum atomic E-state index is 10.7.